The van der Waals surface area contributed by atoms with Crippen LogP contribution in [0.15, 0.2) is 27.6 Å². The molecule has 0 radical (unpaired) electrons. The summed E-state index contributed by atoms with van der Waals surface area (Å²) in [6, 6.07) is 4.70. The van der Waals surface area contributed by atoms with E-state index in [-0.39, 0.29) is 9.92 Å². The number of benzene rings is 1. The molecule has 3 nitrogen and oxygen atoms in total. The van der Waals surface area contributed by atoms with Gasteiger partial charge in [-0.05, 0) is 31.5 Å². The molecule has 1 aromatic rings. The van der Waals surface area contributed by atoms with Crippen LogP contribution < -0.4 is 4.72 Å². The van der Waals surface area contributed by atoms with Gasteiger partial charge in [-0.15, -0.1) is 0 Å². The Bertz CT molecular complexity index is 530. The van der Waals surface area contributed by atoms with Gasteiger partial charge in [0.1, 0.15) is 4.90 Å². The van der Waals surface area contributed by atoms with Crippen molar-refractivity contribution in [1.82, 2.24) is 4.72 Å². The van der Waals surface area contributed by atoms with Crippen LogP contribution in [0.4, 0.5) is 0 Å². The lowest BCUT2D eigenvalue weighted by molar-refractivity contribution is 0.449. The van der Waals surface area contributed by atoms with E-state index in [9.17, 15) is 8.42 Å². The quantitative estimate of drug-likeness (QED) is 0.735. The van der Waals surface area contributed by atoms with Gasteiger partial charge in [0.2, 0.25) is 10.0 Å². The highest BCUT2D eigenvalue weighted by Gasteiger charge is 2.29. The summed E-state index contributed by atoms with van der Waals surface area (Å²) in [6.45, 7) is 3.76. The summed E-state index contributed by atoms with van der Waals surface area (Å²) in [5.41, 5.74) is -0.533. The van der Waals surface area contributed by atoms with Gasteiger partial charge in [-0.3, -0.25) is 0 Å². The summed E-state index contributed by atoms with van der Waals surface area (Å²) in [5.74, 6) is 0. The first-order chi connectivity index (χ1) is 8.24. The Hall–Kier alpha value is 0.380. The lowest BCUT2D eigenvalue weighted by Gasteiger charge is -2.27. The minimum Gasteiger partial charge on any atom is -0.207 e. The van der Waals surface area contributed by atoms with Crippen molar-refractivity contribution in [2.75, 3.05) is 5.33 Å². The number of sulfonamides is 1. The van der Waals surface area contributed by atoms with Gasteiger partial charge in [-0.25, -0.2) is 13.1 Å². The van der Waals surface area contributed by atoms with Crippen molar-refractivity contribution in [3.8, 4) is 0 Å². The van der Waals surface area contributed by atoms with Crippen molar-refractivity contribution in [3.05, 3.63) is 27.7 Å². The highest BCUT2D eigenvalue weighted by atomic mass is 79.9. The number of rotatable bonds is 5. The molecule has 1 N–H and O–H groups in total. The summed E-state index contributed by atoms with van der Waals surface area (Å²) in [5, 5.41) is 0.731. The second-order valence-corrected chi connectivity index (χ2v) is 7.76. The van der Waals surface area contributed by atoms with Gasteiger partial charge in [-0.2, -0.15) is 0 Å². The van der Waals surface area contributed by atoms with E-state index >= 15 is 0 Å². The van der Waals surface area contributed by atoms with E-state index in [2.05, 4.69) is 36.6 Å². The van der Waals surface area contributed by atoms with E-state index in [0.29, 0.717) is 11.8 Å². The molecule has 1 unspecified atom stereocenters. The smallest absolute Gasteiger partial charge is 0.207 e. The Morgan fingerprint density at radius 2 is 2.06 bits per heavy atom. The Morgan fingerprint density at radius 3 is 2.50 bits per heavy atom. The topological polar surface area (TPSA) is 46.2 Å². The highest BCUT2D eigenvalue weighted by Crippen LogP contribution is 2.27. The zero-order chi connectivity index (χ0) is 14.0. The fraction of sp³-hybridized carbons (Fsp3) is 0.455. The minimum atomic E-state index is -3.62. The van der Waals surface area contributed by atoms with Gasteiger partial charge >= 0.3 is 0 Å². The molecule has 102 valence electrons. The summed E-state index contributed by atoms with van der Waals surface area (Å²) in [6.07, 6.45) is 0.672. The molecule has 0 spiro atoms. The summed E-state index contributed by atoms with van der Waals surface area (Å²) in [4.78, 5) is 0.0907. The molecule has 0 saturated heterocycles. The molecule has 1 aromatic carbocycles. The molecular weight excluding hydrogens is 405 g/mol. The molecular formula is C11H14Br2ClNO2S. The molecule has 7 heteroatoms. The molecule has 18 heavy (non-hydrogen) atoms. The zero-order valence-electron chi connectivity index (χ0n) is 10.0. The standard InChI is InChI=1S/C11H14Br2ClNO2S/c1-3-11(2,7-12)15-18(16,17)10-5-4-8(13)6-9(10)14/h4-6,15H,3,7H2,1-2H3. The van der Waals surface area contributed by atoms with Gasteiger partial charge < -0.3 is 0 Å². The second kappa shape index (κ2) is 6.22. The normalized spacial score (nSPS) is 15.4. The monoisotopic (exact) mass is 417 g/mol. The van der Waals surface area contributed by atoms with E-state index in [0.717, 1.165) is 4.47 Å². The fourth-order valence-electron chi connectivity index (χ4n) is 1.27. The van der Waals surface area contributed by atoms with E-state index in [1.54, 1.807) is 12.1 Å². The third-order valence-corrected chi connectivity index (χ3v) is 6.49. The number of halogens is 3. The van der Waals surface area contributed by atoms with Gasteiger partial charge in [0.15, 0.2) is 0 Å². The largest absolute Gasteiger partial charge is 0.242 e. The molecule has 0 saturated carbocycles. The lowest BCUT2D eigenvalue weighted by atomic mass is 10.0. The predicted molar refractivity (Wildman–Crippen MR) is 82.0 cm³/mol. The Morgan fingerprint density at radius 1 is 1.44 bits per heavy atom. The zero-order valence-corrected chi connectivity index (χ0v) is 14.7. The van der Waals surface area contributed by atoms with E-state index < -0.39 is 15.6 Å². The van der Waals surface area contributed by atoms with Crippen LogP contribution in [0.3, 0.4) is 0 Å². The van der Waals surface area contributed by atoms with E-state index in [4.69, 9.17) is 11.6 Å². The Kier molecular flexibility index (Phi) is 5.68. The van der Waals surface area contributed by atoms with Crippen LogP contribution in [-0.4, -0.2) is 19.3 Å². The number of hydrogen-bond donors (Lipinski definition) is 1. The van der Waals surface area contributed by atoms with Crippen LogP contribution in [0.2, 0.25) is 5.02 Å². The van der Waals surface area contributed by atoms with Gasteiger partial charge in [0, 0.05) is 15.3 Å². The summed E-state index contributed by atoms with van der Waals surface area (Å²) in [7, 11) is -3.62. The highest BCUT2D eigenvalue weighted by molar-refractivity contribution is 9.10. The molecule has 0 aliphatic carbocycles. The van der Waals surface area contributed by atoms with Crippen molar-refractivity contribution in [2.24, 2.45) is 0 Å². The lowest BCUT2D eigenvalue weighted by Crippen LogP contribution is -2.46. The molecule has 0 aliphatic rings. The maximum atomic E-state index is 12.3. The second-order valence-electron chi connectivity index (χ2n) is 4.23. The van der Waals surface area contributed by atoms with E-state index in [1.807, 2.05) is 13.8 Å². The molecule has 0 aromatic heterocycles. The maximum absolute atomic E-state index is 12.3. The first kappa shape index (κ1) is 16.4. The van der Waals surface area contributed by atoms with Gasteiger partial charge in [0.25, 0.3) is 0 Å². The molecule has 0 bridgehead atoms. The van der Waals surface area contributed by atoms with Crippen LogP contribution in [0.25, 0.3) is 0 Å². The van der Waals surface area contributed by atoms with Crippen molar-refractivity contribution in [3.63, 3.8) is 0 Å². The molecule has 0 amide bonds. The van der Waals surface area contributed by atoms with Crippen molar-refractivity contribution >= 4 is 53.5 Å². The summed E-state index contributed by atoms with van der Waals surface area (Å²) < 4.78 is 27.9. The third kappa shape index (κ3) is 3.93. The summed E-state index contributed by atoms with van der Waals surface area (Å²) >= 11 is 12.5. The molecule has 1 atom stereocenters. The Balaban J connectivity index is 3.15. The van der Waals surface area contributed by atoms with Crippen molar-refractivity contribution in [2.45, 2.75) is 30.7 Å². The van der Waals surface area contributed by atoms with Crippen molar-refractivity contribution in [1.29, 1.82) is 0 Å². The SMILES string of the molecule is CCC(C)(CBr)NS(=O)(=O)c1ccc(Br)cc1Cl. The first-order valence-electron chi connectivity index (χ1n) is 5.29. The van der Waals surface area contributed by atoms with Gasteiger partial charge in [-0.1, -0.05) is 50.4 Å². The number of hydrogen-bond acceptors (Lipinski definition) is 2. The molecule has 0 fully saturated rings. The van der Waals surface area contributed by atoms with Crippen molar-refractivity contribution < 1.29 is 8.42 Å². The maximum Gasteiger partial charge on any atom is 0.242 e. The minimum absolute atomic E-state index is 0.0907. The van der Waals surface area contributed by atoms with Gasteiger partial charge in [0.05, 0.1) is 5.02 Å². The molecule has 0 heterocycles. The number of nitrogens with one attached hydrogen (secondary N) is 1. The van der Waals surface area contributed by atoms with Crippen LogP contribution in [0, 0.1) is 0 Å². The van der Waals surface area contributed by atoms with Crippen LogP contribution in [0.5, 0.6) is 0 Å². The van der Waals surface area contributed by atoms with E-state index in [1.165, 1.54) is 6.07 Å². The third-order valence-electron chi connectivity index (χ3n) is 2.64. The first-order valence-corrected chi connectivity index (χ1v) is 9.06. The van der Waals surface area contributed by atoms with Crippen LogP contribution >= 0.6 is 43.5 Å². The molecule has 0 aliphatic heterocycles. The molecule has 1 rings (SSSR count). The van der Waals surface area contributed by atoms with Crippen LogP contribution in [-0.2, 0) is 10.0 Å². The fourth-order valence-corrected chi connectivity index (χ4v) is 4.50. The predicted octanol–water partition coefficient (Wildman–Crippen LogP) is 3.94. The number of alkyl halides is 1. The van der Waals surface area contributed by atoms with Crippen LogP contribution in [0.1, 0.15) is 20.3 Å². The average Bonchev–Trinajstić information content (AvgIpc) is 2.27. The Labute approximate surface area is 130 Å². The average molecular weight is 420 g/mol.